The van der Waals surface area contributed by atoms with Crippen molar-refractivity contribution in [3.63, 3.8) is 0 Å². The third kappa shape index (κ3) is 7.10. The van der Waals surface area contributed by atoms with Crippen LogP contribution in [0.4, 0.5) is 5.13 Å². The van der Waals surface area contributed by atoms with Crippen molar-refractivity contribution in [2.75, 3.05) is 19.0 Å². The van der Waals surface area contributed by atoms with Gasteiger partial charge in [-0.25, -0.2) is 0 Å². The van der Waals surface area contributed by atoms with E-state index >= 15 is 0 Å². The molecule has 9 heteroatoms. The number of nitrogens with one attached hydrogen (secondary N) is 2. The van der Waals surface area contributed by atoms with Crippen molar-refractivity contribution in [2.45, 2.75) is 32.9 Å². The first-order chi connectivity index (χ1) is 16.0. The van der Waals surface area contributed by atoms with E-state index in [0.717, 1.165) is 11.1 Å². The fraction of sp³-hybridized carbons (Fsp3) is 0.333. The molecule has 2 aromatic carbocycles. The van der Waals surface area contributed by atoms with Gasteiger partial charge >= 0.3 is 0 Å². The molecule has 3 rings (SSSR count). The molecule has 2 unspecified atom stereocenters. The molecule has 174 valence electrons. The van der Waals surface area contributed by atoms with Crippen molar-refractivity contribution in [1.82, 2.24) is 15.5 Å². The molecule has 0 aliphatic rings. The van der Waals surface area contributed by atoms with Gasteiger partial charge in [0.2, 0.25) is 16.9 Å². The lowest BCUT2D eigenvalue weighted by Crippen LogP contribution is -2.48. The van der Waals surface area contributed by atoms with Crippen LogP contribution >= 0.6 is 11.3 Å². The number of carbonyl (C=O) groups is 2. The third-order valence-corrected chi connectivity index (χ3v) is 6.02. The Kier molecular flexibility index (Phi) is 8.91. The molecule has 2 N–H and O–H groups in total. The minimum Gasteiger partial charge on any atom is -0.497 e. The maximum Gasteiger partial charge on any atom is 0.249 e. The molecule has 3 aromatic rings. The maximum absolute atomic E-state index is 12.9. The Morgan fingerprint density at radius 3 is 2.61 bits per heavy atom. The quantitative estimate of drug-likeness (QED) is 0.443. The zero-order valence-corrected chi connectivity index (χ0v) is 19.7. The van der Waals surface area contributed by atoms with Crippen molar-refractivity contribution in [2.24, 2.45) is 5.92 Å². The number of ether oxygens (including phenoxy) is 2. The minimum absolute atomic E-state index is 0.0751. The molecule has 0 spiro atoms. The first kappa shape index (κ1) is 24.3. The summed E-state index contributed by atoms with van der Waals surface area (Å²) in [5, 5.41) is 14.8. The minimum atomic E-state index is -0.716. The van der Waals surface area contributed by atoms with Crippen molar-refractivity contribution in [3.05, 3.63) is 60.2 Å². The Bertz CT molecular complexity index is 1060. The van der Waals surface area contributed by atoms with Crippen LogP contribution in [0.15, 0.2) is 54.6 Å². The van der Waals surface area contributed by atoms with Gasteiger partial charge in [0.1, 0.15) is 23.4 Å². The monoisotopic (exact) mass is 468 g/mol. The van der Waals surface area contributed by atoms with Crippen LogP contribution in [-0.4, -0.2) is 41.8 Å². The number of anilines is 1. The topological polar surface area (TPSA) is 102 Å². The number of methoxy groups -OCH3 is 1. The highest BCUT2D eigenvalue weighted by molar-refractivity contribution is 7.18. The zero-order valence-electron chi connectivity index (χ0n) is 18.9. The molecule has 2 atom stereocenters. The molecular formula is C24H28N4O4S. The number of amides is 2. The van der Waals surface area contributed by atoms with E-state index in [1.165, 1.54) is 11.3 Å². The van der Waals surface area contributed by atoms with Crippen LogP contribution in [0.2, 0.25) is 0 Å². The summed E-state index contributed by atoms with van der Waals surface area (Å²) in [5.74, 6) is -0.0500. The SMILES string of the molecule is CCC(C)C(NC(=O)COCc1ccccc1)C(=O)Nc1nnc(-c2cccc(OC)c2)s1. The number of hydrogen-bond donors (Lipinski definition) is 2. The Hall–Kier alpha value is -3.30. The van der Waals surface area contributed by atoms with Gasteiger partial charge in [-0.1, -0.05) is 74.1 Å². The Labute approximate surface area is 197 Å². The van der Waals surface area contributed by atoms with Crippen LogP contribution in [0, 0.1) is 5.92 Å². The Balaban J connectivity index is 1.58. The van der Waals surface area contributed by atoms with E-state index in [1.807, 2.05) is 68.4 Å². The third-order valence-electron chi connectivity index (χ3n) is 5.13. The van der Waals surface area contributed by atoms with E-state index in [2.05, 4.69) is 20.8 Å². The molecule has 1 heterocycles. The lowest BCUT2D eigenvalue weighted by atomic mass is 9.98. The second-order valence-corrected chi connectivity index (χ2v) is 8.52. The van der Waals surface area contributed by atoms with Crippen molar-refractivity contribution >= 4 is 28.3 Å². The highest BCUT2D eigenvalue weighted by Gasteiger charge is 2.27. The molecule has 2 amide bonds. The summed E-state index contributed by atoms with van der Waals surface area (Å²) in [5.41, 5.74) is 1.82. The van der Waals surface area contributed by atoms with E-state index in [9.17, 15) is 9.59 Å². The van der Waals surface area contributed by atoms with Crippen LogP contribution in [0.3, 0.4) is 0 Å². The number of hydrogen-bond acceptors (Lipinski definition) is 7. The summed E-state index contributed by atoms with van der Waals surface area (Å²) in [6, 6.07) is 16.3. The molecular weight excluding hydrogens is 440 g/mol. The average Bonchev–Trinajstić information content (AvgIpc) is 3.31. The fourth-order valence-corrected chi connectivity index (χ4v) is 3.83. The van der Waals surface area contributed by atoms with Gasteiger partial charge in [0.25, 0.3) is 0 Å². The Morgan fingerprint density at radius 1 is 1.09 bits per heavy atom. The number of rotatable bonds is 11. The second-order valence-electron chi connectivity index (χ2n) is 7.54. The summed E-state index contributed by atoms with van der Waals surface area (Å²) in [6.45, 7) is 4.08. The molecule has 8 nitrogen and oxygen atoms in total. The fourth-order valence-electron chi connectivity index (χ4n) is 3.08. The van der Waals surface area contributed by atoms with Crippen molar-refractivity contribution in [1.29, 1.82) is 0 Å². The Morgan fingerprint density at radius 2 is 1.88 bits per heavy atom. The lowest BCUT2D eigenvalue weighted by molar-refractivity contribution is -0.131. The first-order valence-electron chi connectivity index (χ1n) is 10.7. The van der Waals surface area contributed by atoms with Gasteiger partial charge in [-0.05, 0) is 23.6 Å². The van der Waals surface area contributed by atoms with Crippen LogP contribution < -0.4 is 15.4 Å². The van der Waals surface area contributed by atoms with Gasteiger partial charge in [0.05, 0.1) is 13.7 Å². The lowest BCUT2D eigenvalue weighted by Gasteiger charge is -2.22. The van der Waals surface area contributed by atoms with E-state index in [4.69, 9.17) is 9.47 Å². The van der Waals surface area contributed by atoms with Gasteiger partial charge < -0.3 is 14.8 Å². The number of nitrogens with zero attached hydrogens (tertiary/aromatic N) is 2. The van der Waals surface area contributed by atoms with Crippen LogP contribution in [0.25, 0.3) is 10.6 Å². The number of carbonyl (C=O) groups excluding carboxylic acids is 2. The molecule has 0 saturated heterocycles. The number of benzene rings is 2. The van der Waals surface area contributed by atoms with Crippen LogP contribution in [0.5, 0.6) is 5.75 Å². The van der Waals surface area contributed by atoms with Crippen molar-refractivity contribution in [3.8, 4) is 16.3 Å². The first-order valence-corrected chi connectivity index (χ1v) is 11.5. The van der Waals surface area contributed by atoms with Crippen LogP contribution in [-0.2, 0) is 20.9 Å². The van der Waals surface area contributed by atoms with Gasteiger partial charge in [0, 0.05) is 5.56 Å². The van der Waals surface area contributed by atoms with Crippen LogP contribution in [0.1, 0.15) is 25.8 Å². The molecule has 0 saturated carbocycles. The highest BCUT2D eigenvalue weighted by Crippen LogP contribution is 2.29. The highest BCUT2D eigenvalue weighted by atomic mass is 32.1. The van der Waals surface area contributed by atoms with Gasteiger partial charge in [0.15, 0.2) is 0 Å². The van der Waals surface area contributed by atoms with E-state index in [1.54, 1.807) is 7.11 Å². The normalized spacial score (nSPS) is 12.6. The molecule has 0 fully saturated rings. The molecule has 0 bridgehead atoms. The maximum atomic E-state index is 12.9. The standard InChI is InChI=1S/C24H28N4O4S/c1-4-16(2)21(25-20(29)15-32-14-17-9-6-5-7-10-17)22(30)26-24-28-27-23(33-24)18-11-8-12-19(13-18)31-3/h5-13,16,21H,4,14-15H2,1-3H3,(H,25,29)(H,26,28,30). The molecule has 0 aliphatic heterocycles. The smallest absolute Gasteiger partial charge is 0.249 e. The predicted molar refractivity (Wildman–Crippen MR) is 128 cm³/mol. The molecule has 0 radical (unpaired) electrons. The molecule has 33 heavy (non-hydrogen) atoms. The summed E-state index contributed by atoms with van der Waals surface area (Å²) in [4.78, 5) is 25.4. The summed E-state index contributed by atoms with van der Waals surface area (Å²) < 4.78 is 10.7. The summed E-state index contributed by atoms with van der Waals surface area (Å²) >= 11 is 1.25. The average molecular weight is 469 g/mol. The largest absolute Gasteiger partial charge is 0.497 e. The molecule has 0 aliphatic carbocycles. The van der Waals surface area contributed by atoms with Crippen molar-refractivity contribution < 1.29 is 19.1 Å². The van der Waals surface area contributed by atoms with E-state index in [-0.39, 0.29) is 24.3 Å². The predicted octanol–water partition coefficient (Wildman–Crippen LogP) is 3.90. The number of aromatic nitrogens is 2. The molecule has 1 aromatic heterocycles. The van der Waals surface area contributed by atoms with Gasteiger partial charge in [-0.3, -0.25) is 14.9 Å². The second kappa shape index (κ2) is 12.1. The van der Waals surface area contributed by atoms with Gasteiger partial charge in [-0.15, -0.1) is 10.2 Å². The zero-order chi connectivity index (χ0) is 23.6. The van der Waals surface area contributed by atoms with Gasteiger partial charge in [-0.2, -0.15) is 0 Å². The van der Waals surface area contributed by atoms with E-state index < -0.39 is 6.04 Å². The van der Waals surface area contributed by atoms with E-state index in [0.29, 0.717) is 28.9 Å². The summed E-state index contributed by atoms with van der Waals surface area (Å²) in [6.07, 6.45) is 0.717. The summed E-state index contributed by atoms with van der Waals surface area (Å²) in [7, 11) is 1.60.